The van der Waals surface area contributed by atoms with Gasteiger partial charge in [0.05, 0.1) is 21.6 Å². The van der Waals surface area contributed by atoms with Crippen molar-refractivity contribution in [1.82, 2.24) is 0 Å². The molecular formula is C21H22Cl2N2O5. The Hall–Kier alpha value is -2.64. The summed E-state index contributed by atoms with van der Waals surface area (Å²) in [6.07, 6.45) is 0.767. The summed E-state index contributed by atoms with van der Waals surface area (Å²) in [5.41, 5.74) is 0.940. The van der Waals surface area contributed by atoms with E-state index in [1.807, 2.05) is 6.92 Å². The first-order chi connectivity index (χ1) is 14.1. The van der Waals surface area contributed by atoms with Gasteiger partial charge in [-0.3, -0.25) is 19.7 Å². The van der Waals surface area contributed by atoms with Crippen molar-refractivity contribution in [2.24, 2.45) is 5.92 Å². The van der Waals surface area contributed by atoms with E-state index in [0.29, 0.717) is 17.5 Å². The van der Waals surface area contributed by atoms with Crippen LogP contribution >= 0.6 is 23.2 Å². The number of alkyl halides is 1. The zero-order valence-corrected chi connectivity index (χ0v) is 18.0. The molecule has 0 saturated carbocycles. The Morgan fingerprint density at radius 2 is 1.90 bits per heavy atom. The number of carboxylic acid groups (broad SMARTS) is 1. The maximum atomic E-state index is 13.0. The molecule has 0 radical (unpaired) electrons. The maximum Gasteiger partial charge on any atom is 0.307 e. The molecule has 2 aromatic rings. The van der Waals surface area contributed by atoms with Crippen LogP contribution in [0.15, 0.2) is 42.5 Å². The van der Waals surface area contributed by atoms with Crippen molar-refractivity contribution in [3.8, 4) is 0 Å². The highest BCUT2D eigenvalue weighted by Crippen LogP contribution is 2.35. The summed E-state index contributed by atoms with van der Waals surface area (Å²) in [4.78, 5) is 35.1. The van der Waals surface area contributed by atoms with Crippen LogP contribution in [0.4, 0.5) is 11.4 Å². The van der Waals surface area contributed by atoms with Crippen molar-refractivity contribution >= 4 is 46.5 Å². The number of nitro benzene ring substituents is 1. The van der Waals surface area contributed by atoms with Crippen LogP contribution in [0.2, 0.25) is 5.02 Å². The van der Waals surface area contributed by atoms with Crippen molar-refractivity contribution < 1.29 is 19.6 Å². The predicted octanol–water partition coefficient (Wildman–Crippen LogP) is 5.71. The fourth-order valence-corrected chi connectivity index (χ4v) is 3.86. The van der Waals surface area contributed by atoms with Gasteiger partial charge in [0, 0.05) is 23.1 Å². The third-order valence-electron chi connectivity index (χ3n) is 4.84. The number of carbonyl (C=O) groups excluding carboxylic acids is 1. The standard InChI is InChI=1S/C21H22Cl2N2O5/c1-3-14(17(21(27)28)10-12(2)22)15-6-4-5-7-16(15)20(26)24-19-9-8-13(25(29)30)11-18(19)23/h4-9,11-12,14,17H,3,10H2,1-2H3,(H,24,26)(H,27,28). The zero-order chi connectivity index (χ0) is 22.4. The second-order valence-electron chi connectivity index (χ2n) is 6.94. The Morgan fingerprint density at radius 3 is 2.43 bits per heavy atom. The third-order valence-corrected chi connectivity index (χ3v) is 5.33. The Labute approximate surface area is 184 Å². The Kier molecular flexibility index (Phi) is 8.20. The van der Waals surface area contributed by atoms with Gasteiger partial charge in [0.1, 0.15) is 0 Å². The van der Waals surface area contributed by atoms with Crippen molar-refractivity contribution in [3.63, 3.8) is 0 Å². The largest absolute Gasteiger partial charge is 0.481 e. The first-order valence-corrected chi connectivity index (χ1v) is 10.2. The molecule has 7 nitrogen and oxygen atoms in total. The van der Waals surface area contributed by atoms with Gasteiger partial charge >= 0.3 is 5.97 Å². The smallest absolute Gasteiger partial charge is 0.307 e. The number of nitrogens with zero attached hydrogens (tertiary/aromatic N) is 1. The molecular weight excluding hydrogens is 431 g/mol. The van der Waals surface area contributed by atoms with E-state index in [4.69, 9.17) is 23.2 Å². The van der Waals surface area contributed by atoms with Crippen LogP contribution in [0.25, 0.3) is 0 Å². The monoisotopic (exact) mass is 452 g/mol. The molecule has 0 aliphatic carbocycles. The number of nitrogens with one attached hydrogen (secondary N) is 1. The molecule has 3 atom stereocenters. The van der Waals surface area contributed by atoms with Crippen LogP contribution in [0.5, 0.6) is 0 Å². The molecule has 9 heteroatoms. The fraction of sp³-hybridized carbons (Fsp3) is 0.333. The highest BCUT2D eigenvalue weighted by Gasteiger charge is 2.31. The second-order valence-corrected chi connectivity index (χ2v) is 8.09. The van der Waals surface area contributed by atoms with E-state index in [1.54, 1.807) is 31.2 Å². The number of halogens is 2. The number of hydrogen-bond acceptors (Lipinski definition) is 4. The molecule has 2 rings (SSSR count). The topological polar surface area (TPSA) is 110 Å². The lowest BCUT2D eigenvalue weighted by Gasteiger charge is -2.26. The van der Waals surface area contributed by atoms with Gasteiger partial charge < -0.3 is 10.4 Å². The van der Waals surface area contributed by atoms with Gasteiger partial charge in [-0.1, -0.05) is 36.7 Å². The third kappa shape index (κ3) is 5.70. The lowest BCUT2D eigenvalue weighted by molar-refractivity contribution is -0.384. The van der Waals surface area contributed by atoms with Gasteiger partial charge in [-0.25, -0.2) is 0 Å². The molecule has 0 spiro atoms. The summed E-state index contributed by atoms with van der Waals surface area (Å²) in [5, 5.41) is 22.9. The number of carbonyl (C=O) groups is 2. The first-order valence-electron chi connectivity index (χ1n) is 9.36. The molecule has 2 aromatic carbocycles. The first kappa shape index (κ1) is 23.6. The molecule has 0 heterocycles. The molecule has 0 bridgehead atoms. The van der Waals surface area contributed by atoms with E-state index in [1.165, 1.54) is 12.1 Å². The molecule has 0 aromatic heterocycles. The number of anilines is 1. The van der Waals surface area contributed by atoms with E-state index < -0.39 is 28.6 Å². The van der Waals surface area contributed by atoms with Crippen LogP contribution in [-0.2, 0) is 4.79 Å². The summed E-state index contributed by atoms with van der Waals surface area (Å²) in [6.45, 7) is 3.60. The number of rotatable bonds is 9. The fourth-order valence-electron chi connectivity index (χ4n) is 3.44. The molecule has 2 N–H and O–H groups in total. The normalized spacial score (nSPS) is 13.9. The lowest BCUT2D eigenvalue weighted by atomic mass is 9.79. The van der Waals surface area contributed by atoms with Crippen molar-refractivity contribution in [2.45, 2.75) is 38.0 Å². The molecule has 0 aliphatic heterocycles. The lowest BCUT2D eigenvalue weighted by Crippen LogP contribution is -2.26. The van der Waals surface area contributed by atoms with Crippen LogP contribution < -0.4 is 5.32 Å². The molecule has 0 saturated heterocycles. The number of amides is 1. The van der Waals surface area contributed by atoms with Gasteiger partial charge in [0.25, 0.3) is 11.6 Å². The minimum Gasteiger partial charge on any atom is -0.481 e. The van der Waals surface area contributed by atoms with Gasteiger partial charge in [-0.05, 0) is 43.4 Å². The summed E-state index contributed by atoms with van der Waals surface area (Å²) >= 11 is 12.1. The highest BCUT2D eigenvalue weighted by atomic mass is 35.5. The predicted molar refractivity (Wildman–Crippen MR) is 117 cm³/mol. The number of aliphatic carboxylic acids is 1. The average Bonchev–Trinajstić information content (AvgIpc) is 2.69. The number of non-ortho nitro benzene ring substituents is 1. The quantitative estimate of drug-likeness (QED) is 0.287. The Morgan fingerprint density at radius 1 is 1.23 bits per heavy atom. The van der Waals surface area contributed by atoms with Crippen molar-refractivity contribution in [1.29, 1.82) is 0 Å². The summed E-state index contributed by atoms with van der Waals surface area (Å²) < 4.78 is 0. The minimum absolute atomic E-state index is 0.0291. The minimum atomic E-state index is -0.969. The van der Waals surface area contributed by atoms with E-state index in [2.05, 4.69) is 5.32 Å². The van der Waals surface area contributed by atoms with E-state index in [0.717, 1.165) is 6.07 Å². The molecule has 1 amide bonds. The summed E-state index contributed by atoms with van der Waals surface area (Å²) in [5.74, 6) is -2.62. The number of nitro groups is 1. The molecule has 3 unspecified atom stereocenters. The molecule has 0 fully saturated rings. The Bertz CT molecular complexity index is 949. The number of benzene rings is 2. The van der Waals surface area contributed by atoms with Crippen LogP contribution in [-0.4, -0.2) is 27.3 Å². The van der Waals surface area contributed by atoms with Crippen LogP contribution in [0.1, 0.15) is 48.5 Å². The number of carboxylic acids is 1. The van der Waals surface area contributed by atoms with E-state index in [9.17, 15) is 24.8 Å². The summed E-state index contributed by atoms with van der Waals surface area (Å²) in [6, 6.07) is 10.5. The van der Waals surface area contributed by atoms with Crippen molar-refractivity contribution in [3.05, 3.63) is 68.7 Å². The van der Waals surface area contributed by atoms with E-state index >= 15 is 0 Å². The van der Waals surface area contributed by atoms with Gasteiger partial charge in [-0.2, -0.15) is 0 Å². The average molecular weight is 453 g/mol. The molecule has 160 valence electrons. The van der Waals surface area contributed by atoms with Crippen LogP contribution in [0.3, 0.4) is 0 Å². The highest BCUT2D eigenvalue weighted by molar-refractivity contribution is 6.34. The number of hydrogen-bond donors (Lipinski definition) is 2. The van der Waals surface area contributed by atoms with Crippen molar-refractivity contribution in [2.75, 3.05) is 5.32 Å². The van der Waals surface area contributed by atoms with Crippen LogP contribution in [0, 0.1) is 16.0 Å². The van der Waals surface area contributed by atoms with Gasteiger partial charge in [-0.15, -0.1) is 11.6 Å². The zero-order valence-electron chi connectivity index (χ0n) is 16.5. The molecule has 30 heavy (non-hydrogen) atoms. The second kappa shape index (κ2) is 10.4. The van der Waals surface area contributed by atoms with Gasteiger partial charge in [0.2, 0.25) is 0 Å². The maximum absolute atomic E-state index is 13.0. The SMILES string of the molecule is CCC(c1ccccc1C(=O)Nc1ccc([N+](=O)[O-])cc1Cl)C(CC(C)Cl)C(=O)O. The Balaban J connectivity index is 2.38. The van der Waals surface area contributed by atoms with Gasteiger partial charge in [0.15, 0.2) is 0 Å². The summed E-state index contributed by atoms with van der Waals surface area (Å²) in [7, 11) is 0. The van der Waals surface area contributed by atoms with E-state index in [-0.39, 0.29) is 28.2 Å². The molecule has 0 aliphatic rings.